The van der Waals surface area contributed by atoms with Gasteiger partial charge in [-0.3, -0.25) is 0 Å². The Labute approximate surface area is 165 Å². The van der Waals surface area contributed by atoms with Crippen LogP contribution in [0.25, 0.3) is 0 Å². The highest BCUT2D eigenvalue weighted by molar-refractivity contribution is 5.85. The molecule has 0 fully saturated rings. The fraction of sp³-hybridized carbons (Fsp3) is 0.333. The third-order valence-corrected chi connectivity index (χ3v) is 3.91. The van der Waals surface area contributed by atoms with Gasteiger partial charge < -0.3 is 18.9 Å². The van der Waals surface area contributed by atoms with Gasteiger partial charge in [-0.25, -0.2) is 10.2 Å². The molecule has 2 rings (SSSR count). The van der Waals surface area contributed by atoms with Crippen LogP contribution in [0.1, 0.15) is 24.5 Å². The highest BCUT2D eigenvalue weighted by Gasteiger charge is 2.09. The lowest BCUT2D eigenvalue weighted by molar-refractivity contribution is 0.171. The molecule has 0 spiro atoms. The van der Waals surface area contributed by atoms with Crippen LogP contribution >= 0.6 is 0 Å². The van der Waals surface area contributed by atoms with E-state index in [0.29, 0.717) is 36.7 Å². The van der Waals surface area contributed by atoms with E-state index >= 15 is 0 Å². The smallest absolute Gasteiger partial charge is 0.427 e. The average Bonchev–Trinajstić information content (AvgIpc) is 2.74. The van der Waals surface area contributed by atoms with Crippen LogP contribution < -0.4 is 19.6 Å². The maximum atomic E-state index is 11.1. The monoisotopic (exact) mass is 386 g/mol. The molecule has 2 aromatic carbocycles. The van der Waals surface area contributed by atoms with Gasteiger partial charge in [-0.1, -0.05) is 25.1 Å². The van der Waals surface area contributed by atoms with Crippen LogP contribution in [0.4, 0.5) is 4.79 Å². The van der Waals surface area contributed by atoms with Crippen molar-refractivity contribution >= 4 is 12.3 Å². The van der Waals surface area contributed by atoms with E-state index in [1.54, 1.807) is 13.2 Å². The summed E-state index contributed by atoms with van der Waals surface area (Å²) in [4.78, 5) is 11.1. The SMILES string of the molecule is CCc1ccc(OCCCOc2c(C=NNC(=O)OC)cccc2OC)cc1. The number of hydrogen-bond acceptors (Lipinski definition) is 6. The highest BCUT2D eigenvalue weighted by atomic mass is 16.5. The number of carbonyl (C=O) groups excluding carboxylic acids is 1. The molecule has 7 heteroatoms. The molecule has 7 nitrogen and oxygen atoms in total. The Morgan fingerprint density at radius 2 is 1.82 bits per heavy atom. The second kappa shape index (κ2) is 11.5. The lowest BCUT2D eigenvalue weighted by atomic mass is 10.2. The third kappa shape index (κ3) is 6.50. The van der Waals surface area contributed by atoms with Crippen molar-refractivity contribution in [2.45, 2.75) is 19.8 Å². The molecular weight excluding hydrogens is 360 g/mol. The Hall–Kier alpha value is -3.22. The quantitative estimate of drug-likeness (QED) is 0.382. The maximum Gasteiger partial charge on any atom is 0.427 e. The minimum absolute atomic E-state index is 0.443. The second-order valence-electron chi connectivity index (χ2n) is 5.79. The second-order valence-corrected chi connectivity index (χ2v) is 5.79. The van der Waals surface area contributed by atoms with E-state index in [-0.39, 0.29) is 0 Å². The molecule has 0 aliphatic rings. The van der Waals surface area contributed by atoms with Gasteiger partial charge in [0.05, 0.1) is 33.6 Å². The minimum atomic E-state index is -0.647. The molecule has 0 radical (unpaired) electrons. The predicted molar refractivity (Wildman–Crippen MR) is 108 cm³/mol. The molecule has 0 aliphatic heterocycles. The fourth-order valence-electron chi connectivity index (χ4n) is 2.39. The van der Waals surface area contributed by atoms with Crippen LogP contribution in [0.5, 0.6) is 17.2 Å². The molecule has 0 aromatic heterocycles. The molecule has 0 aliphatic carbocycles. The van der Waals surface area contributed by atoms with Gasteiger partial charge in [0.2, 0.25) is 0 Å². The largest absolute Gasteiger partial charge is 0.493 e. The normalized spacial score (nSPS) is 10.5. The van der Waals surface area contributed by atoms with Crippen molar-refractivity contribution in [3.63, 3.8) is 0 Å². The summed E-state index contributed by atoms with van der Waals surface area (Å²) < 4.78 is 21.4. The molecule has 1 N–H and O–H groups in total. The predicted octanol–water partition coefficient (Wildman–Crippen LogP) is 3.80. The Morgan fingerprint density at radius 1 is 1.07 bits per heavy atom. The number of carbonyl (C=O) groups is 1. The van der Waals surface area contributed by atoms with Crippen molar-refractivity contribution in [3.05, 3.63) is 53.6 Å². The van der Waals surface area contributed by atoms with E-state index in [1.165, 1.54) is 18.9 Å². The highest BCUT2D eigenvalue weighted by Crippen LogP contribution is 2.30. The van der Waals surface area contributed by atoms with Gasteiger partial charge in [0.25, 0.3) is 0 Å². The number of amides is 1. The summed E-state index contributed by atoms with van der Waals surface area (Å²) in [6.07, 6.45) is 2.53. The number of nitrogens with one attached hydrogen (secondary N) is 1. The van der Waals surface area contributed by atoms with Crippen molar-refractivity contribution in [2.24, 2.45) is 5.10 Å². The van der Waals surface area contributed by atoms with Crippen molar-refractivity contribution < 1.29 is 23.7 Å². The van der Waals surface area contributed by atoms with Crippen molar-refractivity contribution in [1.29, 1.82) is 0 Å². The fourth-order valence-corrected chi connectivity index (χ4v) is 2.39. The molecule has 0 heterocycles. The molecule has 0 bridgehead atoms. The topological polar surface area (TPSA) is 78.4 Å². The van der Waals surface area contributed by atoms with Crippen LogP contribution in [-0.4, -0.2) is 39.7 Å². The van der Waals surface area contributed by atoms with E-state index < -0.39 is 6.09 Å². The van der Waals surface area contributed by atoms with Gasteiger partial charge in [-0.05, 0) is 36.2 Å². The van der Waals surface area contributed by atoms with Crippen molar-refractivity contribution in [2.75, 3.05) is 27.4 Å². The van der Waals surface area contributed by atoms with Gasteiger partial charge in [0.1, 0.15) is 5.75 Å². The van der Waals surface area contributed by atoms with Crippen LogP contribution in [0.2, 0.25) is 0 Å². The first-order chi connectivity index (χ1) is 13.7. The number of rotatable bonds is 10. The number of aryl methyl sites for hydroxylation is 1. The first-order valence-corrected chi connectivity index (χ1v) is 9.06. The van der Waals surface area contributed by atoms with Crippen LogP contribution in [-0.2, 0) is 11.2 Å². The molecule has 28 heavy (non-hydrogen) atoms. The zero-order valence-electron chi connectivity index (χ0n) is 16.4. The molecule has 0 saturated heterocycles. The van der Waals surface area contributed by atoms with Crippen LogP contribution in [0.3, 0.4) is 0 Å². The lowest BCUT2D eigenvalue weighted by Gasteiger charge is -2.13. The molecule has 2 aromatic rings. The molecular formula is C21H26N2O5. The number of hydrazone groups is 1. The zero-order valence-corrected chi connectivity index (χ0v) is 16.4. The van der Waals surface area contributed by atoms with Crippen LogP contribution in [0.15, 0.2) is 47.6 Å². The number of methoxy groups -OCH3 is 2. The zero-order chi connectivity index (χ0) is 20.2. The summed E-state index contributed by atoms with van der Waals surface area (Å²) in [5.74, 6) is 1.97. The van der Waals surface area contributed by atoms with Gasteiger partial charge >= 0.3 is 6.09 Å². The summed E-state index contributed by atoms with van der Waals surface area (Å²) in [6.45, 7) is 3.10. The first-order valence-electron chi connectivity index (χ1n) is 9.06. The van der Waals surface area contributed by atoms with Gasteiger partial charge in [-0.15, -0.1) is 0 Å². The summed E-state index contributed by atoms with van der Waals surface area (Å²) in [5, 5.41) is 3.84. The van der Waals surface area contributed by atoms with E-state index in [9.17, 15) is 4.79 Å². The number of nitrogens with zero attached hydrogens (tertiary/aromatic N) is 1. The summed E-state index contributed by atoms with van der Waals surface area (Å²) in [7, 11) is 2.84. The number of benzene rings is 2. The first kappa shape index (κ1) is 21.1. The van der Waals surface area contributed by atoms with Crippen LogP contribution in [0, 0.1) is 0 Å². The summed E-state index contributed by atoms with van der Waals surface area (Å²) >= 11 is 0. The van der Waals surface area contributed by atoms with Gasteiger partial charge in [-0.2, -0.15) is 5.10 Å². The Bertz CT molecular complexity index is 775. The maximum absolute atomic E-state index is 11.1. The number of hydrogen-bond donors (Lipinski definition) is 1. The number of ether oxygens (including phenoxy) is 4. The van der Waals surface area contributed by atoms with Crippen molar-refractivity contribution in [1.82, 2.24) is 5.43 Å². The Balaban J connectivity index is 1.88. The summed E-state index contributed by atoms with van der Waals surface area (Å²) in [5.41, 5.74) is 4.19. The average molecular weight is 386 g/mol. The molecule has 150 valence electrons. The minimum Gasteiger partial charge on any atom is -0.493 e. The van der Waals surface area contributed by atoms with E-state index in [0.717, 1.165) is 12.2 Å². The third-order valence-electron chi connectivity index (χ3n) is 3.91. The Morgan fingerprint density at radius 3 is 2.50 bits per heavy atom. The lowest BCUT2D eigenvalue weighted by Crippen LogP contribution is -2.16. The molecule has 1 amide bonds. The molecule has 0 unspecified atom stereocenters. The molecule has 0 atom stereocenters. The van der Waals surface area contributed by atoms with Gasteiger partial charge in [0.15, 0.2) is 11.5 Å². The van der Waals surface area contributed by atoms with Crippen molar-refractivity contribution in [3.8, 4) is 17.2 Å². The number of para-hydroxylation sites is 1. The van der Waals surface area contributed by atoms with E-state index in [4.69, 9.17) is 14.2 Å². The standard InChI is InChI=1S/C21H26N2O5/c1-4-16-9-11-18(12-10-16)27-13-6-14-28-20-17(7-5-8-19(20)25-2)15-22-23-21(24)26-3/h5,7-12,15H,4,6,13-14H2,1-3H3,(H,23,24). The molecule has 0 saturated carbocycles. The van der Waals surface area contributed by atoms with E-state index in [1.807, 2.05) is 24.3 Å². The Kier molecular flexibility index (Phi) is 8.65. The van der Waals surface area contributed by atoms with E-state index in [2.05, 4.69) is 34.3 Å². The summed E-state index contributed by atoms with van der Waals surface area (Å²) in [6, 6.07) is 13.5. The van der Waals surface area contributed by atoms with Gasteiger partial charge in [0, 0.05) is 12.0 Å².